The normalized spacial score (nSPS) is 10.9. The molecule has 122 valence electrons. The fourth-order valence-corrected chi connectivity index (χ4v) is 1.89. The van der Waals surface area contributed by atoms with Crippen molar-refractivity contribution in [3.8, 4) is 0 Å². The van der Waals surface area contributed by atoms with Gasteiger partial charge in [-0.1, -0.05) is 30.3 Å². The zero-order valence-electron chi connectivity index (χ0n) is 13.3. The van der Waals surface area contributed by atoms with E-state index in [9.17, 15) is 9.59 Å². The van der Waals surface area contributed by atoms with E-state index in [0.717, 1.165) is 6.42 Å². The summed E-state index contributed by atoms with van der Waals surface area (Å²) in [6, 6.07) is 16.5. The second-order valence-electron chi connectivity index (χ2n) is 5.23. The van der Waals surface area contributed by atoms with Crippen molar-refractivity contribution >= 4 is 17.6 Å². The fraction of sp³-hybridized carbons (Fsp3) is 0.222. The second kappa shape index (κ2) is 9.38. The van der Waals surface area contributed by atoms with Gasteiger partial charge in [0.25, 0.3) is 0 Å². The Morgan fingerprint density at radius 2 is 1.65 bits per heavy atom. The van der Waals surface area contributed by atoms with E-state index in [4.69, 9.17) is 10.8 Å². The predicted molar refractivity (Wildman–Crippen MR) is 91.5 cm³/mol. The number of carboxylic acid groups (broad SMARTS) is 1. The molecule has 0 aromatic heterocycles. The third kappa shape index (κ3) is 7.78. The highest BCUT2D eigenvalue weighted by Crippen LogP contribution is 2.09. The van der Waals surface area contributed by atoms with Gasteiger partial charge in [-0.2, -0.15) is 0 Å². The molecule has 5 heteroatoms. The third-order valence-corrected chi connectivity index (χ3v) is 2.85. The number of carbonyl (C=O) groups excluding carboxylic acids is 1. The Kier molecular flexibility index (Phi) is 7.50. The molecule has 1 atom stereocenters. The van der Waals surface area contributed by atoms with Gasteiger partial charge in [0.1, 0.15) is 0 Å². The number of nitrogens with one attached hydrogen (secondary N) is 1. The molecule has 2 aromatic carbocycles. The number of rotatable bonds is 4. The van der Waals surface area contributed by atoms with Crippen LogP contribution in [0.4, 0.5) is 5.69 Å². The maximum Gasteiger partial charge on any atom is 0.335 e. The highest BCUT2D eigenvalue weighted by Gasteiger charge is 2.01. The maximum absolute atomic E-state index is 10.6. The number of nitrogens with two attached hydrogens (primary N) is 1. The summed E-state index contributed by atoms with van der Waals surface area (Å²) in [5.74, 6) is -1.16. The quantitative estimate of drug-likeness (QED) is 0.809. The molecule has 0 aliphatic carbocycles. The third-order valence-electron chi connectivity index (χ3n) is 2.85. The molecule has 1 unspecified atom stereocenters. The molecule has 0 radical (unpaired) electrons. The lowest BCUT2D eigenvalue weighted by Gasteiger charge is -2.02. The minimum Gasteiger partial charge on any atom is -0.478 e. The summed E-state index contributed by atoms with van der Waals surface area (Å²) in [5.41, 5.74) is 7.74. The molecular formula is C18H22N2O3. The molecule has 0 heterocycles. The molecule has 4 N–H and O–H groups in total. The number of carboxylic acids is 1. The Morgan fingerprint density at radius 1 is 1.09 bits per heavy atom. The van der Waals surface area contributed by atoms with Crippen LogP contribution >= 0.6 is 0 Å². The van der Waals surface area contributed by atoms with Crippen LogP contribution in [-0.2, 0) is 11.2 Å². The molecule has 2 aromatic rings. The van der Waals surface area contributed by atoms with Gasteiger partial charge >= 0.3 is 5.97 Å². The average Bonchev–Trinajstić information content (AvgIpc) is 2.48. The number of aromatic carboxylic acids is 1. The van der Waals surface area contributed by atoms with E-state index < -0.39 is 5.97 Å². The van der Waals surface area contributed by atoms with E-state index in [1.165, 1.54) is 24.6 Å². The topological polar surface area (TPSA) is 92.4 Å². The molecule has 5 nitrogen and oxygen atoms in total. The monoisotopic (exact) mass is 314 g/mol. The second-order valence-corrected chi connectivity index (χ2v) is 5.23. The molecule has 2 rings (SSSR count). The first-order valence-electron chi connectivity index (χ1n) is 7.29. The van der Waals surface area contributed by atoms with Crippen molar-refractivity contribution in [1.29, 1.82) is 0 Å². The number of hydrogen-bond acceptors (Lipinski definition) is 3. The summed E-state index contributed by atoms with van der Waals surface area (Å²) >= 11 is 0. The first-order valence-corrected chi connectivity index (χ1v) is 7.29. The van der Waals surface area contributed by atoms with Crippen LogP contribution in [0, 0.1) is 0 Å². The molecule has 0 bridgehead atoms. The van der Waals surface area contributed by atoms with Crippen molar-refractivity contribution in [2.45, 2.75) is 26.3 Å². The van der Waals surface area contributed by atoms with E-state index in [1.807, 2.05) is 25.1 Å². The Balaban J connectivity index is 0.000000238. The summed E-state index contributed by atoms with van der Waals surface area (Å²) in [7, 11) is 0. The molecule has 0 saturated carbocycles. The van der Waals surface area contributed by atoms with Crippen molar-refractivity contribution in [2.75, 3.05) is 5.32 Å². The van der Waals surface area contributed by atoms with Crippen LogP contribution in [0.25, 0.3) is 0 Å². The Labute approximate surface area is 136 Å². The summed E-state index contributed by atoms with van der Waals surface area (Å²) in [4.78, 5) is 21.1. The van der Waals surface area contributed by atoms with Gasteiger partial charge in [0.2, 0.25) is 5.91 Å². The lowest BCUT2D eigenvalue weighted by atomic mass is 10.1. The molecule has 0 aliphatic rings. The van der Waals surface area contributed by atoms with Crippen molar-refractivity contribution in [1.82, 2.24) is 0 Å². The van der Waals surface area contributed by atoms with E-state index in [-0.39, 0.29) is 17.5 Å². The number of hydrogen-bond donors (Lipinski definition) is 3. The SMILES string of the molecule is CC(=O)Nc1ccc(C(=O)O)cc1.CC(N)Cc1ccccc1. The number of anilines is 1. The summed E-state index contributed by atoms with van der Waals surface area (Å²) < 4.78 is 0. The van der Waals surface area contributed by atoms with E-state index in [0.29, 0.717) is 5.69 Å². The molecule has 1 amide bonds. The van der Waals surface area contributed by atoms with Gasteiger partial charge in [-0.3, -0.25) is 4.79 Å². The van der Waals surface area contributed by atoms with Crippen molar-refractivity contribution in [2.24, 2.45) is 5.73 Å². The Bertz CT molecular complexity index is 622. The molecule has 0 aliphatic heterocycles. The summed E-state index contributed by atoms with van der Waals surface area (Å²) in [6.07, 6.45) is 0.973. The van der Waals surface area contributed by atoms with Crippen LogP contribution < -0.4 is 11.1 Å². The van der Waals surface area contributed by atoms with Crippen LogP contribution in [0.3, 0.4) is 0 Å². The summed E-state index contributed by atoms with van der Waals surface area (Å²) in [6.45, 7) is 3.41. The predicted octanol–water partition coefficient (Wildman–Crippen LogP) is 2.92. The van der Waals surface area contributed by atoms with Gasteiger partial charge in [0, 0.05) is 18.7 Å². The van der Waals surface area contributed by atoms with Crippen LogP contribution in [0.15, 0.2) is 54.6 Å². The summed E-state index contributed by atoms with van der Waals surface area (Å²) in [5, 5.41) is 11.1. The molecular weight excluding hydrogens is 292 g/mol. The van der Waals surface area contributed by atoms with Crippen LogP contribution in [0.2, 0.25) is 0 Å². The van der Waals surface area contributed by atoms with Crippen LogP contribution in [0.5, 0.6) is 0 Å². The van der Waals surface area contributed by atoms with Crippen molar-refractivity contribution in [3.63, 3.8) is 0 Å². The minimum absolute atomic E-state index is 0.178. The highest BCUT2D eigenvalue weighted by molar-refractivity contribution is 5.91. The molecule has 0 fully saturated rings. The number of carbonyl (C=O) groups is 2. The van der Waals surface area contributed by atoms with Crippen LogP contribution in [-0.4, -0.2) is 23.0 Å². The smallest absolute Gasteiger partial charge is 0.335 e. The zero-order chi connectivity index (χ0) is 17.2. The lowest BCUT2D eigenvalue weighted by molar-refractivity contribution is -0.114. The fourth-order valence-electron chi connectivity index (χ4n) is 1.89. The molecule has 0 spiro atoms. The van der Waals surface area contributed by atoms with E-state index >= 15 is 0 Å². The van der Waals surface area contributed by atoms with Crippen molar-refractivity contribution < 1.29 is 14.7 Å². The molecule has 0 saturated heterocycles. The van der Waals surface area contributed by atoms with Gasteiger partial charge in [-0.25, -0.2) is 4.79 Å². The zero-order valence-corrected chi connectivity index (χ0v) is 13.3. The van der Waals surface area contributed by atoms with Gasteiger partial charge in [0.15, 0.2) is 0 Å². The van der Waals surface area contributed by atoms with Crippen LogP contribution in [0.1, 0.15) is 29.8 Å². The number of benzene rings is 2. The molecule has 23 heavy (non-hydrogen) atoms. The standard InChI is InChI=1S/C9H9NO3.C9H13N/c1-6(11)10-8-4-2-7(3-5-8)9(12)13;1-8(10)7-9-5-3-2-4-6-9/h2-5H,1H3,(H,10,11)(H,12,13);2-6,8H,7,10H2,1H3. The Hall–Kier alpha value is -2.66. The number of amides is 1. The van der Waals surface area contributed by atoms with Gasteiger partial charge < -0.3 is 16.2 Å². The minimum atomic E-state index is -0.977. The Morgan fingerprint density at radius 3 is 2.09 bits per heavy atom. The lowest BCUT2D eigenvalue weighted by Crippen LogP contribution is -2.17. The van der Waals surface area contributed by atoms with Gasteiger partial charge in [-0.15, -0.1) is 0 Å². The first-order chi connectivity index (χ1) is 10.9. The van der Waals surface area contributed by atoms with Gasteiger partial charge in [0.05, 0.1) is 5.56 Å². The largest absolute Gasteiger partial charge is 0.478 e. The maximum atomic E-state index is 10.6. The first kappa shape index (κ1) is 18.4. The van der Waals surface area contributed by atoms with Crippen molar-refractivity contribution in [3.05, 3.63) is 65.7 Å². The highest BCUT2D eigenvalue weighted by atomic mass is 16.4. The van der Waals surface area contributed by atoms with E-state index in [1.54, 1.807) is 12.1 Å². The van der Waals surface area contributed by atoms with E-state index in [2.05, 4.69) is 17.4 Å². The van der Waals surface area contributed by atoms with Gasteiger partial charge in [-0.05, 0) is 43.2 Å². The average molecular weight is 314 g/mol.